The monoisotopic (exact) mass is 325 g/mol. The number of rotatable bonds is 3. The molecule has 5 heteroatoms. The summed E-state index contributed by atoms with van der Waals surface area (Å²) in [7, 11) is 0. The Morgan fingerprint density at radius 3 is 2.32 bits per heavy atom. The lowest BCUT2D eigenvalue weighted by atomic mass is 9.98. The van der Waals surface area contributed by atoms with Gasteiger partial charge in [-0.25, -0.2) is 8.78 Å². The van der Waals surface area contributed by atoms with Crippen molar-refractivity contribution in [2.75, 3.05) is 0 Å². The maximum atomic E-state index is 13.8. The molecule has 1 amide bonds. The van der Waals surface area contributed by atoms with Crippen LogP contribution in [0.5, 0.6) is 0 Å². The molecule has 0 spiro atoms. The van der Waals surface area contributed by atoms with Gasteiger partial charge in [-0.3, -0.25) is 4.79 Å². The van der Waals surface area contributed by atoms with Crippen LogP contribution in [0.15, 0.2) is 40.9 Å². The molecule has 19 heavy (non-hydrogen) atoms. The van der Waals surface area contributed by atoms with Crippen molar-refractivity contribution in [3.63, 3.8) is 0 Å². The van der Waals surface area contributed by atoms with Crippen molar-refractivity contribution in [1.29, 1.82) is 0 Å². The van der Waals surface area contributed by atoms with E-state index in [0.29, 0.717) is 0 Å². The molecule has 2 rings (SSSR count). The first-order valence-electron chi connectivity index (χ1n) is 5.50. The van der Waals surface area contributed by atoms with Crippen molar-refractivity contribution in [2.45, 2.75) is 6.42 Å². The summed E-state index contributed by atoms with van der Waals surface area (Å²) in [4.78, 5) is 11.3. The molecule has 0 aliphatic heterocycles. The van der Waals surface area contributed by atoms with Crippen molar-refractivity contribution in [3.8, 4) is 0 Å². The van der Waals surface area contributed by atoms with Gasteiger partial charge in [0.05, 0.1) is 0 Å². The van der Waals surface area contributed by atoms with Crippen LogP contribution in [0.2, 0.25) is 0 Å². The number of nitrogens with two attached hydrogens (primary N) is 1. The number of carbonyl (C=O) groups excluding carboxylic acids is 1. The topological polar surface area (TPSA) is 43.1 Å². The third kappa shape index (κ3) is 2.98. The average Bonchev–Trinajstić information content (AvgIpc) is 2.37. The van der Waals surface area contributed by atoms with Crippen LogP contribution in [0.1, 0.15) is 21.5 Å². The molecule has 0 atom stereocenters. The summed E-state index contributed by atoms with van der Waals surface area (Å²) in [6.45, 7) is 0. The predicted molar refractivity (Wildman–Crippen MR) is 71.8 cm³/mol. The summed E-state index contributed by atoms with van der Waals surface area (Å²) < 4.78 is 27.9. The van der Waals surface area contributed by atoms with E-state index in [2.05, 4.69) is 15.9 Å². The molecular weight excluding hydrogens is 316 g/mol. The van der Waals surface area contributed by atoms with Crippen LogP contribution >= 0.6 is 15.9 Å². The van der Waals surface area contributed by atoms with Gasteiger partial charge in [-0.05, 0) is 29.8 Å². The number of carbonyl (C=O) groups is 1. The van der Waals surface area contributed by atoms with E-state index in [0.717, 1.165) is 16.1 Å². The Kier molecular flexibility index (Phi) is 3.95. The van der Waals surface area contributed by atoms with Gasteiger partial charge in [0, 0.05) is 22.0 Å². The summed E-state index contributed by atoms with van der Waals surface area (Å²) in [5, 5.41) is 0. The van der Waals surface area contributed by atoms with Gasteiger partial charge in [-0.15, -0.1) is 0 Å². The van der Waals surface area contributed by atoms with Crippen molar-refractivity contribution >= 4 is 21.8 Å². The Morgan fingerprint density at radius 2 is 1.74 bits per heavy atom. The Morgan fingerprint density at radius 1 is 1.11 bits per heavy atom. The number of primary amides is 1. The molecule has 0 radical (unpaired) electrons. The van der Waals surface area contributed by atoms with E-state index in [1.165, 1.54) is 6.07 Å². The zero-order chi connectivity index (χ0) is 14.0. The Bertz CT molecular complexity index is 626. The summed E-state index contributed by atoms with van der Waals surface area (Å²) in [5.41, 5.74) is 5.92. The minimum absolute atomic E-state index is 0.00168. The average molecular weight is 326 g/mol. The Labute approximate surface area is 117 Å². The van der Waals surface area contributed by atoms with Gasteiger partial charge in [0.25, 0.3) is 0 Å². The van der Waals surface area contributed by atoms with Gasteiger partial charge in [0.1, 0.15) is 0 Å². The van der Waals surface area contributed by atoms with E-state index in [9.17, 15) is 13.6 Å². The quantitative estimate of drug-likeness (QED) is 0.923. The molecule has 0 aliphatic rings. The van der Waals surface area contributed by atoms with E-state index < -0.39 is 17.5 Å². The third-order valence-electron chi connectivity index (χ3n) is 2.76. The zero-order valence-electron chi connectivity index (χ0n) is 9.79. The van der Waals surface area contributed by atoms with Crippen LogP contribution in [-0.2, 0) is 6.42 Å². The van der Waals surface area contributed by atoms with E-state index in [1.54, 1.807) is 24.3 Å². The van der Waals surface area contributed by atoms with Gasteiger partial charge < -0.3 is 5.73 Å². The van der Waals surface area contributed by atoms with Crippen LogP contribution in [0, 0.1) is 11.6 Å². The summed E-state index contributed by atoms with van der Waals surface area (Å²) >= 11 is 3.29. The lowest BCUT2D eigenvalue weighted by Crippen LogP contribution is -2.16. The zero-order valence-corrected chi connectivity index (χ0v) is 11.4. The molecule has 0 heterocycles. The smallest absolute Gasteiger partial charge is 0.249 e. The largest absolute Gasteiger partial charge is 0.366 e. The highest BCUT2D eigenvalue weighted by Crippen LogP contribution is 2.21. The maximum Gasteiger partial charge on any atom is 0.249 e. The number of halogens is 3. The van der Waals surface area contributed by atoms with Gasteiger partial charge in [-0.1, -0.05) is 28.1 Å². The van der Waals surface area contributed by atoms with Crippen molar-refractivity contribution in [3.05, 3.63) is 69.2 Å². The van der Waals surface area contributed by atoms with Crippen molar-refractivity contribution < 1.29 is 13.6 Å². The van der Waals surface area contributed by atoms with Crippen LogP contribution in [0.25, 0.3) is 0 Å². The molecule has 2 N–H and O–H groups in total. The molecule has 0 aromatic heterocycles. The highest BCUT2D eigenvalue weighted by atomic mass is 79.9. The maximum absolute atomic E-state index is 13.8. The van der Waals surface area contributed by atoms with Crippen molar-refractivity contribution in [1.82, 2.24) is 0 Å². The standard InChI is InChI=1S/C14H10BrF2NO/c15-9-3-1-8(2-4-9)7-11-10(14(18)19)5-6-12(16)13(11)17/h1-6H,7H2,(H2,18,19). The van der Waals surface area contributed by atoms with E-state index in [1.807, 2.05) is 0 Å². The first-order chi connectivity index (χ1) is 8.99. The fraction of sp³-hybridized carbons (Fsp3) is 0.0714. The number of benzene rings is 2. The number of amides is 1. The highest BCUT2D eigenvalue weighted by Gasteiger charge is 2.17. The van der Waals surface area contributed by atoms with Gasteiger partial charge in [0.2, 0.25) is 5.91 Å². The summed E-state index contributed by atoms with van der Waals surface area (Å²) in [6.07, 6.45) is 0.106. The molecule has 0 fully saturated rings. The Balaban J connectivity index is 2.46. The molecular formula is C14H10BrF2NO. The molecule has 0 unspecified atom stereocenters. The molecule has 0 saturated carbocycles. The molecule has 2 aromatic carbocycles. The molecule has 0 saturated heterocycles. The molecule has 0 aliphatic carbocycles. The molecule has 2 aromatic rings. The predicted octanol–water partition coefficient (Wildman–Crippen LogP) is 3.42. The molecule has 0 bridgehead atoms. The lowest BCUT2D eigenvalue weighted by Gasteiger charge is -2.09. The van der Waals surface area contributed by atoms with E-state index in [4.69, 9.17) is 5.73 Å². The highest BCUT2D eigenvalue weighted by molar-refractivity contribution is 9.10. The lowest BCUT2D eigenvalue weighted by molar-refractivity contribution is 0.0999. The van der Waals surface area contributed by atoms with Crippen LogP contribution in [0.4, 0.5) is 8.78 Å². The Hall–Kier alpha value is -1.75. The second-order valence-corrected chi connectivity index (χ2v) is 4.97. The normalized spacial score (nSPS) is 10.5. The van der Waals surface area contributed by atoms with Crippen molar-refractivity contribution in [2.24, 2.45) is 5.73 Å². The fourth-order valence-electron chi connectivity index (χ4n) is 1.80. The van der Waals surface area contributed by atoms with Gasteiger partial charge >= 0.3 is 0 Å². The second kappa shape index (κ2) is 5.48. The minimum Gasteiger partial charge on any atom is -0.366 e. The van der Waals surface area contributed by atoms with E-state index in [-0.39, 0.29) is 17.5 Å². The summed E-state index contributed by atoms with van der Waals surface area (Å²) in [6, 6.07) is 9.21. The van der Waals surface area contributed by atoms with Gasteiger partial charge in [-0.2, -0.15) is 0 Å². The van der Waals surface area contributed by atoms with Crippen LogP contribution in [0.3, 0.4) is 0 Å². The minimum atomic E-state index is -1.03. The number of hydrogen-bond acceptors (Lipinski definition) is 1. The van der Waals surface area contributed by atoms with E-state index >= 15 is 0 Å². The summed E-state index contributed by atoms with van der Waals surface area (Å²) in [5.74, 6) is -2.79. The first kappa shape index (κ1) is 13.7. The molecule has 2 nitrogen and oxygen atoms in total. The number of hydrogen-bond donors (Lipinski definition) is 1. The van der Waals surface area contributed by atoms with Crippen LogP contribution in [-0.4, -0.2) is 5.91 Å². The third-order valence-corrected chi connectivity index (χ3v) is 3.28. The van der Waals surface area contributed by atoms with Gasteiger partial charge in [0.15, 0.2) is 11.6 Å². The SMILES string of the molecule is NC(=O)c1ccc(F)c(F)c1Cc1ccc(Br)cc1. The van der Waals surface area contributed by atoms with Crippen LogP contribution < -0.4 is 5.73 Å². The fourth-order valence-corrected chi connectivity index (χ4v) is 2.07. The first-order valence-corrected chi connectivity index (χ1v) is 6.29. The second-order valence-electron chi connectivity index (χ2n) is 4.05. The molecule has 98 valence electrons.